The lowest BCUT2D eigenvalue weighted by molar-refractivity contribution is -0.149. The number of nitrogens with zero attached hydrogens (tertiary/aromatic N) is 2. The number of nitrogens with one attached hydrogen (secondary N) is 1. The Kier molecular flexibility index (Phi) is 5.14. The van der Waals surface area contributed by atoms with Crippen LogP contribution < -0.4 is 5.32 Å². The van der Waals surface area contributed by atoms with Crippen LogP contribution in [-0.4, -0.2) is 48.5 Å². The summed E-state index contributed by atoms with van der Waals surface area (Å²) in [5.41, 5.74) is 0.573. The molecule has 0 spiro atoms. The van der Waals surface area contributed by atoms with Crippen LogP contribution in [0.4, 0.5) is 5.82 Å². The van der Waals surface area contributed by atoms with E-state index in [0.717, 1.165) is 5.82 Å². The third-order valence-corrected chi connectivity index (χ3v) is 3.67. The first-order valence-electron chi connectivity index (χ1n) is 7.25. The van der Waals surface area contributed by atoms with Gasteiger partial charge in [-0.3, -0.25) is 9.59 Å². The summed E-state index contributed by atoms with van der Waals surface area (Å²) in [7, 11) is 1.78. The fourth-order valence-corrected chi connectivity index (χ4v) is 2.43. The fraction of sp³-hybridized carbons (Fsp3) is 0.533. The number of amides is 1. The first-order chi connectivity index (χ1) is 10.2. The second-order valence-corrected chi connectivity index (χ2v) is 5.00. The van der Waals surface area contributed by atoms with Gasteiger partial charge in [0, 0.05) is 26.3 Å². The Morgan fingerprint density at radius 3 is 2.62 bits per heavy atom. The maximum Gasteiger partial charge on any atom is 0.309 e. The van der Waals surface area contributed by atoms with Crippen LogP contribution in [0.5, 0.6) is 0 Å². The van der Waals surface area contributed by atoms with E-state index in [0.29, 0.717) is 38.1 Å². The molecule has 0 atom stereocenters. The minimum absolute atomic E-state index is 0.0348. The highest BCUT2D eigenvalue weighted by atomic mass is 16.5. The number of anilines is 1. The van der Waals surface area contributed by atoms with Crippen molar-refractivity contribution in [3.05, 3.63) is 23.9 Å². The number of aromatic nitrogens is 1. The number of pyridine rings is 1. The number of carbonyl (C=O) groups excluding carboxylic acids is 2. The molecule has 114 valence electrons. The summed E-state index contributed by atoms with van der Waals surface area (Å²) in [5, 5.41) is 2.92. The van der Waals surface area contributed by atoms with Crippen LogP contribution in [0.3, 0.4) is 0 Å². The van der Waals surface area contributed by atoms with E-state index < -0.39 is 0 Å². The average molecular weight is 291 g/mol. The maximum absolute atomic E-state index is 12.4. The molecule has 1 aliphatic rings. The molecule has 6 heteroatoms. The van der Waals surface area contributed by atoms with Gasteiger partial charge in [0.25, 0.3) is 5.91 Å². The van der Waals surface area contributed by atoms with E-state index in [2.05, 4.69) is 10.3 Å². The highest BCUT2D eigenvalue weighted by Gasteiger charge is 2.28. The quantitative estimate of drug-likeness (QED) is 0.852. The van der Waals surface area contributed by atoms with Gasteiger partial charge >= 0.3 is 5.97 Å². The first kappa shape index (κ1) is 15.3. The predicted octanol–water partition coefficient (Wildman–Crippen LogP) is 1.54. The van der Waals surface area contributed by atoms with Crippen LogP contribution in [0.2, 0.25) is 0 Å². The van der Waals surface area contributed by atoms with Crippen molar-refractivity contribution in [3.8, 4) is 0 Å². The molecule has 1 aliphatic heterocycles. The number of hydrogen-bond donors (Lipinski definition) is 1. The number of carbonyl (C=O) groups is 2. The van der Waals surface area contributed by atoms with E-state index in [4.69, 9.17) is 4.74 Å². The summed E-state index contributed by atoms with van der Waals surface area (Å²) >= 11 is 0. The number of piperidine rings is 1. The van der Waals surface area contributed by atoms with Crippen molar-refractivity contribution in [3.63, 3.8) is 0 Å². The van der Waals surface area contributed by atoms with Gasteiger partial charge in [-0.05, 0) is 31.9 Å². The van der Waals surface area contributed by atoms with Gasteiger partial charge in [0.15, 0.2) is 0 Å². The Morgan fingerprint density at radius 2 is 2.10 bits per heavy atom. The van der Waals surface area contributed by atoms with Crippen LogP contribution in [-0.2, 0) is 9.53 Å². The molecule has 0 bridgehead atoms. The van der Waals surface area contributed by atoms with Gasteiger partial charge in [-0.15, -0.1) is 0 Å². The van der Waals surface area contributed by atoms with E-state index in [1.165, 1.54) is 0 Å². The number of esters is 1. The van der Waals surface area contributed by atoms with Gasteiger partial charge in [-0.2, -0.15) is 0 Å². The zero-order valence-electron chi connectivity index (χ0n) is 12.5. The Bertz CT molecular complexity index is 493. The van der Waals surface area contributed by atoms with Crippen molar-refractivity contribution in [2.45, 2.75) is 19.8 Å². The van der Waals surface area contributed by atoms with Gasteiger partial charge in [-0.25, -0.2) is 4.98 Å². The zero-order chi connectivity index (χ0) is 15.2. The smallest absolute Gasteiger partial charge is 0.309 e. The molecule has 1 saturated heterocycles. The third kappa shape index (κ3) is 3.71. The summed E-state index contributed by atoms with van der Waals surface area (Å²) in [6.07, 6.45) is 2.89. The van der Waals surface area contributed by atoms with Crippen molar-refractivity contribution in [1.29, 1.82) is 0 Å². The first-order valence-corrected chi connectivity index (χ1v) is 7.25. The molecule has 0 aromatic carbocycles. The lowest BCUT2D eigenvalue weighted by Crippen LogP contribution is -2.40. The highest BCUT2D eigenvalue weighted by molar-refractivity contribution is 5.94. The Balaban J connectivity index is 1.92. The molecule has 1 aromatic heterocycles. The normalized spacial score (nSPS) is 15.6. The van der Waals surface area contributed by atoms with E-state index >= 15 is 0 Å². The largest absolute Gasteiger partial charge is 0.466 e. The van der Waals surface area contributed by atoms with Gasteiger partial charge < -0.3 is 15.0 Å². The Hall–Kier alpha value is -2.11. The minimum atomic E-state index is -0.148. The van der Waals surface area contributed by atoms with Gasteiger partial charge in [0.2, 0.25) is 0 Å². The molecule has 1 aromatic rings. The van der Waals surface area contributed by atoms with E-state index in [-0.39, 0.29) is 17.8 Å². The molecule has 1 amide bonds. The van der Waals surface area contributed by atoms with Crippen molar-refractivity contribution in [2.24, 2.45) is 5.92 Å². The van der Waals surface area contributed by atoms with Crippen molar-refractivity contribution in [2.75, 3.05) is 32.1 Å². The van der Waals surface area contributed by atoms with Crippen LogP contribution in [0.25, 0.3) is 0 Å². The number of ether oxygens (including phenoxy) is 1. The number of rotatable bonds is 4. The lowest BCUT2D eigenvalue weighted by atomic mass is 9.96. The van der Waals surface area contributed by atoms with Crippen molar-refractivity contribution in [1.82, 2.24) is 9.88 Å². The molecule has 0 aliphatic carbocycles. The summed E-state index contributed by atoms with van der Waals surface area (Å²) in [6, 6.07) is 3.54. The second kappa shape index (κ2) is 7.06. The Morgan fingerprint density at radius 1 is 1.38 bits per heavy atom. The third-order valence-electron chi connectivity index (χ3n) is 3.67. The molecule has 6 nitrogen and oxygen atoms in total. The second-order valence-electron chi connectivity index (χ2n) is 5.00. The van der Waals surface area contributed by atoms with Gasteiger partial charge in [0.1, 0.15) is 5.82 Å². The molecule has 0 unspecified atom stereocenters. The van der Waals surface area contributed by atoms with Crippen molar-refractivity contribution >= 4 is 17.7 Å². The zero-order valence-corrected chi connectivity index (χ0v) is 12.5. The number of likely N-dealkylation sites (tertiary alicyclic amines) is 1. The molecule has 0 saturated carbocycles. The molecule has 2 heterocycles. The molecule has 2 rings (SSSR count). The van der Waals surface area contributed by atoms with Gasteiger partial charge in [-0.1, -0.05) is 0 Å². The average Bonchev–Trinajstić information content (AvgIpc) is 2.54. The SMILES string of the molecule is CCOC(=O)C1CCN(C(=O)c2ccc(NC)nc2)CC1. The standard InChI is InChI=1S/C15H21N3O3/c1-3-21-15(20)11-6-8-18(9-7-11)14(19)12-4-5-13(16-2)17-10-12/h4-5,10-11H,3,6-9H2,1-2H3,(H,16,17). The topological polar surface area (TPSA) is 71.5 Å². The van der Waals surface area contributed by atoms with Crippen LogP contribution in [0.1, 0.15) is 30.1 Å². The monoisotopic (exact) mass is 291 g/mol. The predicted molar refractivity (Wildman–Crippen MR) is 79.0 cm³/mol. The van der Waals surface area contributed by atoms with E-state index in [1.807, 2.05) is 0 Å². The molecular weight excluding hydrogens is 270 g/mol. The summed E-state index contributed by atoms with van der Waals surface area (Å²) in [4.78, 5) is 29.9. The van der Waals surface area contributed by atoms with Gasteiger partial charge in [0.05, 0.1) is 18.1 Å². The molecule has 1 N–H and O–H groups in total. The molecular formula is C15H21N3O3. The maximum atomic E-state index is 12.4. The lowest BCUT2D eigenvalue weighted by Gasteiger charge is -2.30. The van der Waals surface area contributed by atoms with Crippen LogP contribution in [0.15, 0.2) is 18.3 Å². The van der Waals surface area contributed by atoms with Crippen LogP contribution in [0, 0.1) is 5.92 Å². The fourth-order valence-electron chi connectivity index (χ4n) is 2.43. The molecule has 1 fully saturated rings. The summed E-state index contributed by atoms with van der Waals surface area (Å²) in [6.45, 7) is 3.37. The Labute approximate surface area is 124 Å². The van der Waals surface area contributed by atoms with Crippen LogP contribution >= 0.6 is 0 Å². The summed E-state index contributed by atoms with van der Waals surface area (Å²) in [5.74, 6) is 0.462. The van der Waals surface area contributed by atoms with E-state index in [1.54, 1.807) is 37.2 Å². The van der Waals surface area contributed by atoms with E-state index in [9.17, 15) is 9.59 Å². The van der Waals surface area contributed by atoms with Crippen molar-refractivity contribution < 1.29 is 14.3 Å². The number of hydrogen-bond acceptors (Lipinski definition) is 5. The summed E-state index contributed by atoms with van der Waals surface area (Å²) < 4.78 is 5.03. The minimum Gasteiger partial charge on any atom is -0.466 e. The molecule has 0 radical (unpaired) electrons. The molecule has 21 heavy (non-hydrogen) atoms. The highest BCUT2D eigenvalue weighted by Crippen LogP contribution is 2.20.